The van der Waals surface area contributed by atoms with Gasteiger partial charge in [0.2, 0.25) is 0 Å². The van der Waals surface area contributed by atoms with Crippen molar-refractivity contribution in [1.82, 2.24) is 10.2 Å². The fourth-order valence-corrected chi connectivity index (χ4v) is 2.50. The van der Waals surface area contributed by atoms with Crippen LogP contribution in [0.1, 0.15) is 46.0 Å². The molecule has 0 heterocycles. The molecule has 2 nitrogen and oxygen atoms in total. The highest BCUT2D eigenvalue weighted by atomic mass is 15.1. The summed E-state index contributed by atoms with van der Waals surface area (Å²) in [6.07, 6.45) is 6.66. The van der Waals surface area contributed by atoms with Crippen molar-refractivity contribution in [3.8, 4) is 0 Å². The van der Waals surface area contributed by atoms with E-state index in [1.807, 2.05) is 0 Å². The summed E-state index contributed by atoms with van der Waals surface area (Å²) >= 11 is 0. The van der Waals surface area contributed by atoms with Crippen molar-refractivity contribution in [3.63, 3.8) is 0 Å². The van der Waals surface area contributed by atoms with Crippen LogP contribution < -0.4 is 5.32 Å². The molecule has 0 aromatic heterocycles. The summed E-state index contributed by atoms with van der Waals surface area (Å²) in [4.78, 5) is 2.37. The first-order valence-electron chi connectivity index (χ1n) is 6.06. The predicted molar refractivity (Wildman–Crippen MR) is 62.6 cm³/mol. The summed E-state index contributed by atoms with van der Waals surface area (Å²) < 4.78 is 0. The Morgan fingerprint density at radius 2 is 2.07 bits per heavy atom. The van der Waals surface area contributed by atoms with E-state index in [1.54, 1.807) is 0 Å². The second kappa shape index (κ2) is 5.72. The normalized spacial score (nSPS) is 29.8. The van der Waals surface area contributed by atoms with Crippen LogP contribution in [0.5, 0.6) is 0 Å². The maximum absolute atomic E-state index is 3.74. The van der Waals surface area contributed by atoms with Crippen molar-refractivity contribution in [2.75, 3.05) is 14.1 Å². The third kappa shape index (κ3) is 3.58. The van der Waals surface area contributed by atoms with Gasteiger partial charge in [-0.15, -0.1) is 0 Å². The molecule has 0 spiro atoms. The number of nitrogens with one attached hydrogen (secondary N) is 1. The van der Waals surface area contributed by atoms with Crippen LogP contribution >= 0.6 is 0 Å². The Labute approximate surface area is 89.1 Å². The van der Waals surface area contributed by atoms with Crippen molar-refractivity contribution in [1.29, 1.82) is 0 Å². The Morgan fingerprint density at radius 3 is 2.57 bits per heavy atom. The third-order valence-electron chi connectivity index (χ3n) is 3.38. The van der Waals surface area contributed by atoms with Gasteiger partial charge in [0, 0.05) is 18.1 Å². The van der Waals surface area contributed by atoms with E-state index in [4.69, 9.17) is 0 Å². The fourth-order valence-electron chi connectivity index (χ4n) is 2.50. The monoisotopic (exact) mass is 198 g/mol. The van der Waals surface area contributed by atoms with Crippen molar-refractivity contribution in [2.45, 2.75) is 64.1 Å². The zero-order valence-corrected chi connectivity index (χ0v) is 10.2. The third-order valence-corrected chi connectivity index (χ3v) is 3.38. The van der Waals surface area contributed by atoms with Gasteiger partial charge in [-0.3, -0.25) is 0 Å². The number of rotatable bonds is 5. The standard InChI is InChI=1S/C12H26N2/c1-5-6-10(2)13-11-7-8-12(9-11)14(3)4/h10-13H,5-9H2,1-4H3. The summed E-state index contributed by atoms with van der Waals surface area (Å²) in [6.45, 7) is 4.57. The van der Waals surface area contributed by atoms with Gasteiger partial charge in [-0.05, 0) is 46.7 Å². The number of hydrogen-bond acceptors (Lipinski definition) is 2. The minimum absolute atomic E-state index is 0.700. The zero-order chi connectivity index (χ0) is 10.6. The minimum Gasteiger partial charge on any atom is -0.311 e. The van der Waals surface area contributed by atoms with Gasteiger partial charge in [0.1, 0.15) is 0 Å². The Morgan fingerprint density at radius 1 is 1.36 bits per heavy atom. The van der Waals surface area contributed by atoms with E-state index in [1.165, 1.54) is 32.1 Å². The Hall–Kier alpha value is -0.0800. The first-order chi connectivity index (χ1) is 6.63. The fraction of sp³-hybridized carbons (Fsp3) is 1.00. The van der Waals surface area contributed by atoms with Crippen LogP contribution in [-0.4, -0.2) is 37.1 Å². The van der Waals surface area contributed by atoms with Gasteiger partial charge in [0.15, 0.2) is 0 Å². The van der Waals surface area contributed by atoms with Crippen LogP contribution in [0.3, 0.4) is 0 Å². The molecule has 1 saturated carbocycles. The van der Waals surface area contributed by atoms with Gasteiger partial charge in [-0.25, -0.2) is 0 Å². The van der Waals surface area contributed by atoms with Crippen LogP contribution in [0.15, 0.2) is 0 Å². The second-order valence-electron chi connectivity index (χ2n) is 4.98. The number of hydrogen-bond donors (Lipinski definition) is 1. The molecule has 0 saturated heterocycles. The maximum atomic E-state index is 3.74. The van der Waals surface area contributed by atoms with E-state index < -0.39 is 0 Å². The summed E-state index contributed by atoms with van der Waals surface area (Å²) in [5.74, 6) is 0. The van der Waals surface area contributed by atoms with Crippen molar-refractivity contribution in [2.24, 2.45) is 0 Å². The first-order valence-corrected chi connectivity index (χ1v) is 6.06. The molecule has 0 radical (unpaired) electrons. The van der Waals surface area contributed by atoms with E-state index in [0.29, 0.717) is 6.04 Å². The molecule has 1 rings (SSSR count). The van der Waals surface area contributed by atoms with Gasteiger partial charge in [-0.2, -0.15) is 0 Å². The van der Waals surface area contributed by atoms with E-state index in [2.05, 4.69) is 38.2 Å². The molecule has 0 aliphatic heterocycles. The Kier molecular flexibility index (Phi) is 4.90. The molecule has 0 aromatic rings. The molecule has 1 aliphatic rings. The van der Waals surface area contributed by atoms with Crippen LogP contribution in [0, 0.1) is 0 Å². The highest BCUT2D eigenvalue weighted by Gasteiger charge is 2.26. The van der Waals surface area contributed by atoms with Gasteiger partial charge in [0.05, 0.1) is 0 Å². The average molecular weight is 198 g/mol. The highest BCUT2D eigenvalue weighted by molar-refractivity contribution is 4.86. The van der Waals surface area contributed by atoms with Gasteiger partial charge < -0.3 is 10.2 Å². The topological polar surface area (TPSA) is 15.3 Å². The lowest BCUT2D eigenvalue weighted by atomic mass is 10.1. The molecule has 3 atom stereocenters. The lowest BCUT2D eigenvalue weighted by molar-refractivity contribution is 0.290. The summed E-state index contributed by atoms with van der Waals surface area (Å²) in [7, 11) is 4.39. The molecular formula is C12H26N2. The largest absolute Gasteiger partial charge is 0.311 e. The molecule has 1 aliphatic carbocycles. The van der Waals surface area contributed by atoms with E-state index in [9.17, 15) is 0 Å². The number of nitrogens with zero attached hydrogens (tertiary/aromatic N) is 1. The quantitative estimate of drug-likeness (QED) is 0.729. The minimum atomic E-state index is 0.700. The molecule has 3 unspecified atom stereocenters. The molecule has 1 fully saturated rings. The van der Waals surface area contributed by atoms with Crippen LogP contribution in [0.25, 0.3) is 0 Å². The first kappa shape index (κ1) is 12.0. The van der Waals surface area contributed by atoms with Gasteiger partial charge in [0.25, 0.3) is 0 Å². The molecule has 84 valence electrons. The van der Waals surface area contributed by atoms with Crippen molar-refractivity contribution < 1.29 is 0 Å². The zero-order valence-electron chi connectivity index (χ0n) is 10.2. The van der Waals surface area contributed by atoms with Crippen molar-refractivity contribution in [3.05, 3.63) is 0 Å². The molecule has 0 amide bonds. The highest BCUT2D eigenvalue weighted by Crippen LogP contribution is 2.23. The van der Waals surface area contributed by atoms with E-state index >= 15 is 0 Å². The van der Waals surface area contributed by atoms with Crippen LogP contribution in [-0.2, 0) is 0 Å². The molecule has 14 heavy (non-hydrogen) atoms. The Bertz CT molecular complexity index is 156. The van der Waals surface area contributed by atoms with Crippen LogP contribution in [0.4, 0.5) is 0 Å². The van der Waals surface area contributed by atoms with Gasteiger partial charge in [-0.1, -0.05) is 13.3 Å². The Balaban J connectivity index is 2.21. The molecule has 0 bridgehead atoms. The van der Waals surface area contributed by atoms with Crippen molar-refractivity contribution >= 4 is 0 Å². The summed E-state index contributed by atoms with van der Waals surface area (Å²) in [5.41, 5.74) is 0. The molecule has 1 N–H and O–H groups in total. The predicted octanol–water partition coefficient (Wildman–Crippen LogP) is 2.25. The maximum Gasteiger partial charge on any atom is 0.0105 e. The van der Waals surface area contributed by atoms with Crippen LogP contribution in [0.2, 0.25) is 0 Å². The van der Waals surface area contributed by atoms with E-state index in [0.717, 1.165) is 12.1 Å². The lowest BCUT2D eigenvalue weighted by Crippen LogP contribution is -2.36. The molecule has 0 aromatic carbocycles. The summed E-state index contributed by atoms with van der Waals surface area (Å²) in [6, 6.07) is 2.27. The molecular weight excluding hydrogens is 172 g/mol. The van der Waals surface area contributed by atoms with E-state index in [-0.39, 0.29) is 0 Å². The molecule has 2 heteroatoms. The smallest absolute Gasteiger partial charge is 0.0105 e. The van der Waals surface area contributed by atoms with Gasteiger partial charge >= 0.3 is 0 Å². The SMILES string of the molecule is CCCC(C)NC1CCC(N(C)C)C1. The average Bonchev–Trinajstić information content (AvgIpc) is 2.53. The lowest BCUT2D eigenvalue weighted by Gasteiger charge is -2.21. The second-order valence-corrected chi connectivity index (χ2v) is 4.98. The summed E-state index contributed by atoms with van der Waals surface area (Å²) in [5, 5.41) is 3.74.